The third kappa shape index (κ3) is 2.46. The standard InChI is InChI=1S/C13H14ClNOS/c1-8-7-17-13(11(8)14)12(15)9-4-3-5-10(6-9)16-2/h3-7,12H,15H2,1-2H3. The Bertz CT molecular complexity index is 524. The van der Waals surface area contributed by atoms with Gasteiger partial charge in [-0.2, -0.15) is 0 Å². The highest BCUT2D eigenvalue weighted by Gasteiger charge is 2.16. The smallest absolute Gasteiger partial charge is 0.119 e. The Morgan fingerprint density at radius 2 is 2.18 bits per heavy atom. The Hall–Kier alpha value is -1.03. The average molecular weight is 268 g/mol. The zero-order valence-corrected chi connectivity index (χ0v) is 11.3. The number of hydrogen-bond donors (Lipinski definition) is 1. The summed E-state index contributed by atoms with van der Waals surface area (Å²) >= 11 is 7.82. The third-order valence-corrected chi connectivity index (χ3v) is 4.46. The van der Waals surface area contributed by atoms with Gasteiger partial charge in [0.25, 0.3) is 0 Å². The van der Waals surface area contributed by atoms with E-state index in [0.29, 0.717) is 0 Å². The highest BCUT2D eigenvalue weighted by molar-refractivity contribution is 7.10. The topological polar surface area (TPSA) is 35.2 Å². The van der Waals surface area contributed by atoms with Crippen LogP contribution in [0, 0.1) is 6.92 Å². The first-order chi connectivity index (χ1) is 8.13. The molecule has 4 heteroatoms. The number of aryl methyl sites for hydroxylation is 1. The lowest BCUT2D eigenvalue weighted by Gasteiger charge is -2.12. The first-order valence-electron chi connectivity index (χ1n) is 5.26. The third-order valence-electron chi connectivity index (χ3n) is 2.66. The number of nitrogens with two attached hydrogens (primary N) is 1. The van der Waals surface area contributed by atoms with Crippen LogP contribution in [0.2, 0.25) is 5.02 Å². The fraction of sp³-hybridized carbons (Fsp3) is 0.231. The molecule has 2 aromatic rings. The van der Waals surface area contributed by atoms with E-state index in [1.54, 1.807) is 18.4 Å². The molecule has 0 bridgehead atoms. The Morgan fingerprint density at radius 1 is 1.41 bits per heavy atom. The van der Waals surface area contributed by atoms with Crippen molar-refractivity contribution < 1.29 is 4.74 Å². The fourth-order valence-electron chi connectivity index (χ4n) is 1.65. The number of methoxy groups -OCH3 is 1. The van der Waals surface area contributed by atoms with E-state index in [1.807, 2.05) is 36.6 Å². The minimum absolute atomic E-state index is 0.198. The number of thiophene rings is 1. The van der Waals surface area contributed by atoms with Gasteiger partial charge in [-0.3, -0.25) is 0 Å². The molecular weight excluding hydrogens is 254 g/mol. The fourth-order valence-corrected chi connectivity index (χ4v) is 2.99. The lowest BCUT2D eigenvalue weighted by atomic mass is 10.1. The number of benzene rings is 1. The van der Waals surface area contributed by atoms with Gasteiger partial charge in [0.05, 0.1) is 18.2 Å². The molecule has 0 saturated heterocycles. The molecule has 1 aromatic heterocycles. The first-order valence-corrected chi connectivity index (χ1v) is 6.52. The molecule has 17 heavy (non-hydrogen) atoms. The maximum absolute atomic E-state index is 6.23. The van der Waals surface area contributed by atoms with Crippen LogP contribution >= 0.6 is 22.9 Å². The van der Waals surface area contributed by atoms with Crippen LogP contribution in [0.3, 0.4) is 0 Å². The summed E-state index contributed by atoms with van der Waals surface area (Å²) in [7, 11) is 1.65. The van der Waals surface area contributed by atoms with Crippen LogP contribution in [0.25, 0.3) is 0 Å². The van der Waals surface area contributed by atoms with E-state index in [4.69, 9.17) is 22.1 Å². The summed E-state index contributed by atoms with van der Waals surface area (Å²) in [6.07, 6.45) is 0. The second-order valence-electron chi connectivity index (χ2n) is 3.85. The number of ether oxygens (including phenoxy) is 1. The summed E-state index contributed by atoms with van der Waals surface area (Å²) in [5, 5.41) is 2.79. The van der Waals surface area contributed by atoms with Gasteiger partial charge in [-0.05, 0) is 35.6 Å². The predicted octanol–water partition coefficient (Wildman–Crippen LogP) is 3.77. The normalized spacial score (nSPS) is 12.5. The van der Waals surface area contributed by atoms with Gasteiger partial charge in [0.1, 0.15) is 5.75 Å². The summed E-state index contributed by atoms with van der Waals surface area (Å²) < 4.78 is 5.19. The molecule has 90 valence electrons. The zero-order chi connectivity index (χ0) is 12.4. The van der Waals surface area contributed by atoms with E-state index < -0.39 is 0 Å². The molecule has 0 radical (unpaired) electrons. The Labute approximate surface area is 110 Å². The molecule has 1 atom stereocenters. The van der Waals surface area contributed by atoms with Crippen LogP contribution in [0.5, 0.6) is 5.75 Å². The van der Waals surface area contributed by atoms with E-state index >= 15 is 0 Å². The average Bonchev–Trinajstić information content (AvgIpc) is 2.69. The largest absolute Gasteiger partial charge is 0.497 e. The summed E-state index contributed by atoms with van der Waals surface area (Å²) in [5.41, 5.74) is 8.31. The van der Waals surface area contributed by atoms with Crippen molar-refractivity contribution in [2.24, 2.45) is 5.73 Å². The highest BCUT2D eigenvalue weighted by atomic mass is 35.5. The van der Waals surface area contributed by atoms with Crippen molar-refractivity contribution in [3.8, 4) is 5.75 Å². The van der Waals surface area contributed by atoms with Crippen LogP contribution < -0.4 is 10.5 Å². The summed E-state index contributed by atoms with van der Waals surface area (Å²) in [6, 6.07) is 7.56. The zero-order valence-electron chi connectivity index (χ0n) is 9.74. The maximum atomic E-state index is 6.23. The molecule has 0 aliphatic heterocycles. The number of halogens is 1. The van der Waals surface area contributed by atoms with Gasteiger partial charge >= 0.3 is 0 Å². The second-order valence-corrected chi connectivity index (χ2v) is 5.14. The van der Waals surface area contributed by atoms with Crippen molar-refractivity contribution in [1.29, 1.82) is 0 Å². The molecule has 0 spiro atoms. The second kappa shape index (κ2) is 5.08. The van der Waals surface area contributed by atoms with Gasteiger partial charge in [0.15, 0.2) is 0 Å². The van der Waals surface area contributed by atoms with Crippen LogP contribution in [-0.2, 0) is 0 Å². The van der Waals surface area contributed by atoms with Gasteiger partial charge in [-0.15, -0.1) is 11.3 Å². The van der Waals surface area contributed by atoms with Gasteiger partial charge in [0, 0.05) is 4.88 Å². The van der Waals surface area contributed by atoms with Crippen molar-refractivity contribution in [3.63, 3.8) is 0 Å². The minimum atomic E-state index is -0.198. The molecular formula is C13H14ClNOS. The van der Waals surface area contributed by atoms with E-state index in [-0.39, 0.29) is 6.04 Å². The molecule has 0 aliphatic carbocycles. The Kier molecular flexibility index (Phi) is 3.72. The van der Waals surface area contributed by atoms with Crippen molar-refractivity contribution in [2.45, 2.75) is 13.0 Å². The summed E-state index contributed by atoms with van der Waals surface area (Å²) in [4.78, 5) is 0.998. The summed E-state index contributed by atoms with van der Waals surface area (Å²) in [6.45, 7) is 1.99. The van der Waals surface area contributed by atoms with Gasteiger partial charge in [-0.1, -0.05) is 23.7 Å². The molecule has 0 fully saturated rings. The molecule has 1 unspecified atom stereocenters. The molecule has 1 heterocycles. The number of hydrogen-bond acceptors (Lipinski definition) is 3. The van der Waals surface area contributed by atoms with Crippen molar-refractivity contribution in [2.75, 3.05) is 7.11 Å². The minimum Gasteiger partial charge on any atom is -0.497 e. The van der Waals surface area contributed by atoms with Crippen molar-refractivity contribution >= 4 is 22.9 Å². The van der Waals surface area contributed by atoms with Crippen molar-refractivity contribution in [3.05, 3.63) is 50.7 Å². The van der Waals surface area contributed by atoms with Crippen LogP contribution in [0.4, 0.5) is 0 Å². The quantitative estimate of drug-likeness (QED) is 0.919. The Balaban J connectivity index is 2.36. The molecule has 2 rings (SSSR count). The summed E-state index contributed by atoms with van der Waals surface area (Å²) in [5.74, 6) is 0.808. The monoisotopic (exact) mass is 267 g/mol. The molecule has 2 N–H and O–H groups in total. The lowest BCUT2D eigenvalue weighted by Crippen LogP contribution is -2.10. The van der Waals surface area contributed by atoms with Gasteiger partial charge < -0.3 is 10.5 Å². The van der Waals surface area contributed by atoms with Gasteiger partial charge in [-0.25, -0.2) is 0 Å². The molecule has 2 nitrogen and oxygen atoms in total. The highest BCUT2D eigenvalue weighted by Crippen LogP contribution is 2.35. The first kappa shape index (κ1) is 12.4. The maximum Gasteiger partial charge on any atom is 0.119 e. The lowest BCUT2D eigenvalue weighted by molar-refractivity contribution is 0.414. The predicted molar refractivity (Wildman–Crippen MR) is 73.1 cm³/mol. The Morgan fingerprint density at radius 3 is 2.76 bits per heavy atom. The molecule has 1 aromatic carbocycles. The number of rotatable bonds is 3. The van der Waals surface area contributed by atoms with Crippen LogP contribution in [0.15, 0.2) is 29.6 Å². The van der Waals surface area contributed by atoms with E-state index in [0.717, 1.165) is 26.8 Å². The van der Waals surface area contributed by atoms with Crippen LogP contribution in [-0.4, -0.2) is 7.11 Å². The van der Waals surface area contributed by atoms with Gasteiger partial charge in [0.2, 0.25) is 0 Å². The molecule has 0 amide bonds. The molecule has 0 saturated carbocycles. The van der Waals surface area contributed by atoms with Crippen LogP contribution in [0.1, 0.15) is 22.0 Å². The van der Waals surface area contributed by atoms with Crippen molar-refractivity contribution in [1.82, 2.24) is 0 Å². The SMILES string of the molecule is COc1cccc(C(N)c2scc(C)c2Cl)c1. The van der Waals surface area contributed by atoms with E-state index in [2.05, 4.69) is 0 Å². The van der Waals surface area contributed by atoms with E-state index in [1.165, 1.54) is 0 Å². The van der Waals surface area contributed by atoms with E-state index in [9.17, 15) is 0 Å². The molecule has 0 aliphatic rings.